The molecule has 1 fully saturated rings. The average Bonchev–Trinajstić information content (AvgIpc) is 2.67. The molecule has 1 aliphatic heterocycles. The van der Waals surface area contributed by atoms with Crippen molar-refractivity contribution < 1.29 is 19.4 Å². The Morgan fingerprint density at radius 3 is 2.65 bits per heavy atom. The number of carboxylic acid groups (broad SMARTS) is 1. The van der Waals surface area contributed by atoms with Crippen LogP contribution in [0, 0.1) is 11.8 Å². The zero-order valence-electron chi connectivity index (χ0n) is 10.5. The van der Waals surface area contributed by atoms with Crippen LogP contribution in [0.3, 0.4) is 0 Å². The number of rotatable bonds is 6. The van der Waals surface area contributed by atoms with E-state index in [1.807, 2.05) is 13.8 Å². The number of ether oxygens (including phenoxy) is 1. The lowest BCUT2D eigenvalue weighted by Gasteiger charge is -2.23. The predicted octanol–water partition coefficient (Wildman–Crippen LogP) is 0.982. The molecule has 0 radical (unpaired) electrons. The number of hydrogen-bond donors (Lipinski definition) is 1. The van der Waals surface area contributed by atoms with E-state index in [9.17, 15) is 9.59 Å². The van der Waals surface area contributed by atoms with E-state index in [-0.39, 0.29) is 24.3 Å². The summed E-state index contributed by atoms with van der Waals surface area (Å²) in [5.74, 6) is -0.498. The first-order chi connectivity index (χ1) is 7.99. The van der Waals surface area contributed by atoms with Crippen molar-refractivity contribution in [2.45, 2.75) is 26.7 Å². The van der Waals surface area contributed by atoms with Crippen LogP contribution in [0.25, 0.3) is 0 Å². The molecular formula is C12H21NO4. The number of carbonyl (C=O) groups is 2. The molecule has 0 spiro atoms. The lowest BCUT2D eigenvalue weighted by Crippen LogP contribution is -2.39. The van der Waals surface area contributed by atoms with Crippen molar-refractivity contribution in [2.75, 3.05) is 26.3 Å². The van der Waals surface area contributed by atoms with E-state index in [4.69, 9.17) is 9.84 Å². The number of carbonyl (C=O) groups excluding carboxylic acids is 1. The molecule has 0 unspecified atom stereocenters. The topological polar surface area (TPSA) is 66.8 Å². The van der Waals surface area contributed by atoms with Crippen LogP contribution in [0.15, 0.2) is 0 Å². The van der Waals surface area contributed by atoms with Gasteiger partial charge in [-0.25, -0.2) is 0 Å². The van der Waals surface area contributed by atoms with Gasteiger partial charge in [-0.2, -0.15) is 0 Å². The Labute approximate surface area is 102 Å². The van der Waals surface area contributed by atoms with Gasteiger partial charge < -0.3 is 14.7 Å². The first kappa shape index (κ1) is 14.0. The summed E-state index contributed by atoms with van der Waals surface area (Å²) >= 11 is 0. The SMILES string of the molecule is CC(C)CN(CC(=O)O)C(=O)C[C@H]1CCOC1. The molecule has 5 heteroatoms. The number of amides is 1. The molecular weight excluding hydrogens is 222 g/mol. The molecule has 1 heterocycles. The summed E-state index contributed by atoms with van der Waals surface area (Å²) in [6, 6.07) is 0. The Morgan fingerprint density at radius 1 is 1.47 bits per heavy atom. The Balaban J connectivity index is 2.48. The molecule has 1 rings (SSSR count). The second kappa shape index (κ2) is 6.59. The lowest BCUT2D eigenvalue weighted by molar-refractivity contribution is -0.145. The maximum atomic E-state index is 12.0. The third-order valence-electron chi connectivity index (χ3n) is 2.75. The summed E-state index contributed by atoms with van der Waals surface area (Å²) < 4.78 is 5.21. The molecule has 1 amide bonds. The van der Waals surface area contributed by atoms with Crippen LogP contribution in [0.1, 0.15) is 26.7 Å². The molecule has 1 atom stereocenters. The van der Waals surface area contributed by atoms with Gasteiger partial charge in [0.1, 0.15) is 6.54 Å². The minimum absolute atomic E-state index is 0.0726. The van der Waals surface area contributed by atoms with Crippen molar-refractivity contribution >= 4 is 11.9 Å². The highest BCUT2D eigenvalue weighted by Crippen LogP contribution is 2.17. The third kappa shape index (κ3) is 5.17. The summed E-state index contributed by atoms with van der Waals surface area (Å²) in [4.78, 5) is 24.1. The van der Waals surface area contributed by atoms with Gasteiger partial charge in [0.05, 0.1) is 0 Å². The van der Waals surface area contributed by atoms with E-state index in [0.717, 1.165) is 6.42 Å². The van der Waals surface area contributed by atoms with Crippen molar-refractivity contribution in [3.8, 4) is 0 Å². The summed E-state index contributed by atoms with van der Waals surface area (Å²) in [5.41, 5.74) is 0. The Morgan fingerprint density at radius 2 is 2.18 bits per heavy atom. The molecule has 1 N–H and O–H groups in total. The lowest BCUT2D eigenvalue weighted by atomic mass is 10.0. The molecule has 0 aromatic carbocycles. The average molecular weight is 243 g/mol. The first-order valence-electron chi connectivity index (χ1n) is 6.06. The van der Waals surface area contributed by atoms with Crippen molar-refractivity contribution in [1.82, 2.24) is 4.90 Å². The van der Waals surface area contributed by atoms with Crippen LogP contribution in [-0.2, 0) is 14.3 Å². The first-order valence-corrected chi connectivity index (χ1v) is 6.06. The maximum absolute atomic E-state index is 12.0. The Bertz CT molecular complexity index is 272. The number of carboxylic acids is 1. The third-order valence-corrected chi connectivity index (χ3v) is 2.75. The van der Waals surface area contributed by atoms with Crippen molar-refractivity contribution in [2.24, 2.45) is 11.8 Å². The van der Waals surface area contributed by atoms with E-state index < -0.39 is 5.97 Å². The highest BCUT2D eigenvalue weighted by atomic mass is 16.5. The van der Waals surface area contributed by atoms with Crippen LogP contribution in [0.5, 0.6) is 0 Å². The van der Waals surface area contributed by atoms with Crippen LogP contribution in [0.2, 0.25) is 0 Å². The van der Waals surface area contributed by atoms with E-state index in [2.05, 4.69) is 0 Å². The fourth-order valence-electron chi connectivity index (χ4n) is 1.98. The molecule has 1 saturated heterocycles. The second-order valence-electron chi connectivity index (χ2n) is 5.00. The highest BCUT2D eigenvalue weighted by Gasteiger charge is 2.24. The molecule has 0 bridgehead atoms. The standard InChI is InChI=1S/C12H21NO4/c1-9(2)6-13(7-12(15)16)11(14)5-10-3-4-17-8-10/h9-10H,3-8H2,1-2H3,(H,15,16)/t10-/m1/s1. The predicted molar refractivity (Wildman–Crippen MR) is 62.6 cm³/mol. The quantitative estimate of drug-likeness (QED) is 0.755. The summed E-state index contributed by atoms with van der Waals surface area (Å²) in [7, 11) is 0. The van der Waals surface area contributed by atoms with Crippen LogP contribution in [-0.4, -0.2) is 48.2 Å². The normalized spacial score (nSPS) is 19.6. The number of hydrogen-bond acceptors (Lipinski definition) is 3. The second-order valence-corrected chi connectivity index (χ2v) is 5.00. The van der Waals surface area contributed by atoms with E-state index in [0.29, 0.717) is 26.2 Å². The summed E-state index contributed by atoms with van der Waals surface area (Å²) in [5, 5.41) is 8.79. The molecule has 17 heavy (non-hydrogen) atoms. The van der Waals surface area contributed by atoms with Crippen LogP contribution >= 0.6 is 0 Å². The Kier molecular flexibility index (Phi) is 5.41. The number of aliphatic carboxylic acids is 1. The largest absolute Gasteiger partial charge is 0.480 e. The van der Waals surface area contributed by atoms with Gasteiger partial charge in [0.2, 0.25) is 5.91 Å². The van der Waals surface area contributed by atoms with Gasteiger partial charge in [0, 0.05) is 26.2 Å². The summed E-state index contributed by atoms with van der Waals surface area (Å²) in [6.07, 6.45) is 1.30. The molecule has 0 aliphatic carbocycles. The van der Waals surface area contributed by atoms with Gasteiger partial charge in [0.15, 0.2) is 0 Å². The molecule has 0 saturated carbocycles. The Hall–Kier alpha value is -1.10. The molecule has 1 aliphatic rings. The molecule has 0 aromatic rings. The minimum Gasteiger partial charge on any atom is -0.480 e. The van der Waals surface area contributed by atoms with Gasteiger partial charge in [-0.1, -0.05) is 13.8 Å². The van der Waals surface area contributed by atoms with Crippen LogP contribution < -0.4 is 0 Å². The van der Waals surface area contributed by atoms with Gasteiger partial charge >= 0.3 is 5.97 Å². The zero-order chi connectivity index (χ0) is 12.8. The fraction of sp³-hybridized carbons (Fsp3) is 0.833. The highest BCUT2D eigenvalue weighted by molar-refractivity contribution is 5.81. The smallest absolute Gasteiger partial charge is 0.323 e. The van der Waals surface area contributed by atoms with E-state index in [1.54, 1.807) is 0 Å². The van der Waals surface area contributed by atoms with Gasteiger partial charge in [-0.15, -0.1) is 0 Å². The van der Waals surface area contributed by atoms with Crippen molar-refractivity contribution in [3.63, 3.8) is 0 Å². The minimum atomic E-state index is -0.957. The monoisotopic (exact) mass is 243 g/mol. The van der Waals surface area contributed by atoms with Gasteiger partial charge in [-0.3, -0.25) is 9.59 Å². The van der Waals surface area contributed by atoms with Crippen LogP contribution in [0.4, 0.5) is 0 Å². The maximum Gasteiger partial charge on any atom is 0.323 e. The van der Waals surface area contributed by atoms with E-state index >= 15 is 0 Å². The molecule has 0 aromatic heterocycles. The van der Waals surface area contributed by atoms with Crippen molar-refractivity contribution in [3.05, 3.63) is 0 Å². The summed E-state index contributed by atoms with van der Waals surface area (Å²) in [6.45, 7) is 5.57. The molecule has 98 valence electrons. The molecule has 5 nitrogen and oxygen atoms in total. The van der Waals surface area contributed by atoms with Crippen molar-refractivity contribution in [1.29, 1.82) is 0 Å². The van der Waals surface area contributed by atoms with Gasteiger partial charge in [0.25, 0.3) is 0 Å². The van der Waals surface area contributed by atoms with E-state index in [1.165, 1.54) is 4.90 Å². The van der Waals surface area contributed by atoms with Gasteiger partial charge in [-0.05, 0) is 18.3 Å². The fourth-order valence-corrected chi connectivity index (χ4v) is 1.98. The zero-order valence-corrected chi connectivity index (χ0v) is 10.5. The number of nitrogens with zero attached hydrogens (tertiary/aromatic N) is 1.